The largest absolute Gasteiger partial charge is 0.503 e. The van der Waals surface area contributed by atoms with E-state index >= 15 is 0 Å². The molecule has 0 amide bonds. The zero-order chi connectivity index (χ0) is 11.2. The summed E-state index contributed by atoms with van der Waals surface area (Å²) in [5.74, 6) is -0.127. The second kappa shape index (κ2) is 5.56. The van der Waals surface area contributed by atoms with Crippen molar-refractivity contribution in [2.45, 2.75) is 31.8 Å². The van der Waals surface area contributed by atoms with Crippen LogP contribution in [0.3, 0.4) is 0 Å². The zero-order valence-corrected chi connectivity index (χ0v) is 7.84. The predicted molar refractivity (Wildman–Crippen MR) is 46.2 cm³/mol. The van der Waals surface area contributed by atoms with Crippen molar-refractivity contribution in [3.05, 3.63) is 0 Å². The molecule has 0 heterocycles. The van der Waals surface area contributed by atoms with E-state index < -0.39 is 11.8 Å². The van der Waals surface area contributed by atoms with Gasteiger partial charge in [-0.1, -0.05) is 0 Å². The summed E-state index contributed by atoms with van der Waals surface area (Å²) in [5, 5.41) is 22.4. The molecule has 6 nitrogen and oxygen atoms in total. The molecule has 1 fully saturated rings. The van der Waals surface area contributed by atoms with Gasteiger partial charge in [-0.05, 0) is 26.2 Å². The molecule has 1 rings (SSSR count). The van der Waals surface area contributed by atoms with E-state index in [1.807, 2.05) is 0 Å². The third-order valence-electron chi connectivity index (χ3n) is 2.35. The molecule has 0 aromatic carbocycles. The molecule has 2 unspecified atom stereocenters. The Morgan fingerprint density at radius 3 is 2.36 bits per heavy atom. The Morgan fingerprint density at radius 1 is 1.57 bits per heavy atom. The van der Waals surface area contributed by atoms with Gasteiger partial charge in [-0.2, -0.15) is 0 Å². The van der Waals surface area contributed by atoms with E-state index in [9.17, 15) is 4.79 Å². The lowest BCUT2D eigenvalue weighted by molar-refractivity contribution is -0.323. The van der Waals surface area contributed by atoms with Crippen molar-refractivity contribution in [3.8, 4) is 0 Å². The third kappa shape index (κ3) is 3.71. The van der Waals surface area contributed by atoms with Gasteiger partial charge >= 0.3 is 6.16 Å². The SMILES string of the molecule is CC1(OO)CCCC1C=O.O=C(O)O. The molecular weight excluding hydrogens is 192 g/mol. The van der Waals surface area contributed by atoms with Crippen LogP contribution in [0.2, 0.25) is 0 Å². The van der Waals surface area contributed by atoms with Gasteiger partial charge in [-0.15, -0.1) is 0 Å². The molecule has 0 bridgehead atoms. The van der Waals surface area contributed by atoms with Gasteiger partial charge in [0.1, 0.15) is 11.9 Å². The minimum atomic E-state index is -1.83. The molecule has 2 atom stereocenters. The van der Waals surface area contributed by atoms with E-state index in [4.69, 9.17) is 20.3 Å². The van der Waals surface area contributed by atoms with Crippen LogP contribution < -0.4 is 0 Å². The topological polar surface area (TPSA) is 104 Å². The van der Waals surface area contributed by atoms with Crippen molar-refractivity contribution in [2.75, 3.05) is 0 Å². The van der Waals surface area contributed by atoms with Gasteiger partial charge in [-0.25, -0.2) is 9.68 Å². The first-order valence-corrected chi connectivity index (χ1v) is 4.16. The summed E-state index contributed by atoms with van der Waals surface area (Å²) in [6, 6.07) is 0. The Balaban J connectivity index is 0.000000364. The molecule has 0 aromatic heterocycles. The molecule has 1 saturated carbocycles. The standard InChI is InChI=1S/C7H12O3.CH2O3/c1-7(10-9)4-2-3-6(7)5-8;2-1(3)4/h5-6,9H,2-4H2,1H3;(H2,2,3,4). The quantitative estimate of drug-likeness (QED) is 0.359. The van der Waals surface area contributed by atoms with E-state index in [2.05, 4.69) is 4.89 Å². The zero-order valence-electron chi connectivity index (χ0n) is 7.84. The lowest BCUT2D eigenvalue weighted by atomic mass is 9.95. The molecule has 0 aliphatic heterocycles. The highest BCUT2D eigenvalue weighted by Crippen LogP contribution is 2.36. The van der Waals surface area contributed by atoms with Crippen LogP contribution in [-0.4, -0.2) is 33.5 Å². The second-order valence-corrected chi connectivity index (χ2v) is 3.32. The van der Waals surface area contributed by atoms with Crippen molar-refractivity contribution < 1.29 is 29.9 Å². The fourth-order valence-electron chi connectivity index (χ4n) is 1.49. The minimum Gasteiger partial charge on any atom is -0.450 e. The van der Waals surface area contributed by atoms with Crippen molar-refractivity contribution in [1.82, 2.24) is 0 Å². The maximum atomic E-state index is 10.4. The summed E-state index contributed by atoms with van der Waals surface area (Å²) in [5.41, 5.74) is -0.609. The van der Waals surface area contributed by atoms with Gasteiger partial charge < -0.3 is 15.0 Å². The molecular formula is C8H14O6. The fourth-order valence-corrected chi connectivity index (χ4v) is 1.49. The highest BCUT2D eigenvalue weighted by Gasteiger charge is 2.40. The van der Waals surface area contributed by atoms with Gasteiger partial charge in [-0.3, -0.25) is 5.26 Å². The molecule has 0 saturated heterocycles. The number of aldehydes is 1. The predicted octanol–water partition coefficient (Wildman–Crippen LogP) is 1.46. The molecule has 82 valence electrons. The average Bonchev–Trinajstić information content (AvgIpc) is 2.47. The Kier molecular flexibility index (Phi) is 5.11. The van der Waals surface area contributed by atoms with Crippen LogP contribution in [0.15, 0.2) is 0 Å². The number of carbonyl (C=O) groups is 2. The molecule has 1 aliphatic rings. The maximum Gasteiger partial charge on any atom is 0.503 e. The summed E-state index contributed by atoms with van der Waals surface area (Å²) >= 11 is 0. The summed E-state index contributed by atoms with van der Waals surface area (Å²) < 4.78 is 0. The van der Waals surface area contributed by atoms with Crippen LogP contribution in [-0.2, 0) is 9.68 Å². The van der Waals surface area contributed by atoms with Crippen LogP contribution in [0.25, 0.3) is 0 Å². The van der Waals surface area contributed by atoms with Crippen LogP contribution >= 0.6 is 0 Å². The normalized spacial score (nSPS) is 30.3. The number of hydrogen-bond acceptors (Lipinski definition) is 4. The van der Waals surface area contributed by atoms with Crippen LogP contribution in [0.1, 0.15) is 26.2 Å². The van der Waals surface area contributed by atoms with Crippen LogP contribution in [0.4, 0.5) is 4.79 Å². The molecule has 0 radical (unpaired) electrons. The van der Waals surface area contributed by atoms with E-state index in [0.717, 1.165) is 25.5 Å². The van der Waals surface area contributed by atoms with Gasteiger partial charge in [0.05, 0.1) is 0 Å². The van der Waals surface area contributed by atoms with Crippen LogP contribution in [0, 0.1) is 5.92 Å². The van der Waals surface area contributed by atoms with E-state index in [1.54, 1.807) is 6.92 Å². The monoisotopic (exact) mass is 206 g/mol. The highest BCUT2D eigenvalue weighted by molar-refractivity contribution is 5.56. The number of hydrogen-bond donors (Lipinski definition) is 3. The Labute approximate surface area is 81.0 Å². The lowest BCUT2D eigenvalue weighted by Crippen LogP contribution is -2.32. The summed E-state index contributed by atoms with van der Waals surface area (Å²) in [4.78, 5) is 23.2. The smallest absolute Gasteiger partial charge is 0.450 e. The molecule has 3 N–H and O–H groups in total. The second-order valence-electron chi connectivity index (χ2n) is 3.32. The first kappa shape index (κ1) is 12.9. The summed E-state index contributed by atoms with van der Waals surface area (Å²) in [6.45, 7) is 1.76. The first-order valence-electron chi connectivity index (χ1n) is 4.16. The van der Waals surface area contributed by atoms with E-state index in [-0.39, 0.29) is 5.92 Å². The number of carboxylic acid groups (broad SMARTS) is 2. The Hall–Kier alpha value is -1.14. The third-order valence-corrected chi connectivity index (χ3v) is 2.35. The van der Waals surface area contributed by atoms with Crippen molar-refractivity contribution >= 4 is 12.4 Å². The van der Waals surface area contributed by atoms with Gasteiger partial charge in [0.2, 0.25) is 0 Å². The van der Waals surface area contributed by atoms with E-state index in [0.29, 0.717) is 0 Å². The molecule has 6 heteroatoms. The lowest BCUT2D eigenvalue weighted by Gasteiger charge is -2.23. The van der Waals surface area contributed by atoms with Crippen molar-refractivity contribution in [1.29, 1.82) is 0 Å². The first-order chi connectivity index (χ1) is 6.46. The molecule has 1 aliphatic carbocycles. The Bertz CT molecular complexity index is 200. The minimum absolute atomic E-state index is 0.127. The summed E-state index contributed by atoms with van der Waals surface area (Å²) in [7, 11) is 0. The van der Waals surface area contributed by atoms with Gasteiger partial charge in [0.25, 0.3) is 0 Å². The average molecular weight is 206 g/mol. The molecule has 0 aromatic rings. The fraction of sp³-hybridized carbons (Fsp3) is 0.750. The number of rotatable bonds is 2. The molecule has 0 spiro atoms. The summed E-state index contributed by atoms with van der Waals surface area (Å²) in [6.07, 6.45) is 1.59. The molecule has 14 heavy (non-hydrogen) atoms. The van der Waals surface area contributed by atoms with Gasteiger partial charge in [0.15, 0.2) is 0 Å². The maximum absolute atomic E-state index is 10.4. The van der Waals surface area contributed by atoms with Gasteiger partial charge in [0, 0.05) is 5.92 Å². The van der Waals surface area contributed by atoms with E-state index in [1.165, 1.54) is 0 Å². The van der Waals surface area contributed by atoms with Crippen molar-refractivity contribution in [3.63, 3.8) is 0 Å². The van der Waals surface area contributed by atoms with Crippen molar-refractivity contribution in [2.24, 2.45) is 5.92 Å². The Morgan fingerprint density at radius 2 is 2.07 bits per heavy atom. The number of carbonyl (C=O) groups excluding carboxylic acids is 1. The van der Waals surface area contributed by atoms with Crippen LogP contribution in [0.5, 0.6) is 0 Å². The highest BCUT2D eigenvalue weighted by atomic mass is 17.1.